The van der Waals surface area contributed by atoms with Crippen LogP contribution in [0.2, 0.25) is 0 Å². The second-order valence-corrected chi connectivity index (χ2v) is 9.10. The highest BCUT2D eigenvalue weighted by molar-refractivity contribution is 8.01. The van der Waals surface area contributed by atoms with Crippen LogP contribution in [-0.4, -0.2) is 16.1 Å². The molecular weight excluding hydrogens is 442 g/mol. The molecule has 2 heterocycles. The Hall–Kier alpha value is -3.75. The Bertz CT molecular complexity index is 1420. The Balaban J connectivity index is 1.27. The summed E-state index contributed by atoms with van der Waals surface area (Å²) in [5.74, 6) is 0.636. The van der Waals surface area contributed by atoms with Crippen molar-refractivity contribution in [2.75, 3.05) is 0 Å². The SMILES string of the molecule is O=[N+]([O-])c1ccc2nc(Sc3ccc(C=Nc4ccc(-c5ccccc5)cc4)o3)sc2c1. The lowest BCUT2D eigenvalue weighted by atomic mass is 10.1. The number of hydrogen-bond donors (Lipinski definition) is 0. The zero-order valence-electron chi connectivity index (χ0n) is 16.5. The first-order valence-corrected chi connectivity index (χ1v) is 11.3. The van der Waals surface area contributed by atoms with Crippen molar-refractivity contribution in [1.82, 2.24) is 4.98 Å². The number of furan rings is 1. The summed E-state index contributed by atoms with van der Waals surface area (Å²) in [6.45, 7) is 0. The van der Waals surface area contributed by atoms with Crippen molar-refractivity contribution in [1.29, 1.82) is 0 Å². The number of aromatic nitrogens is 1. The molecule has 0 atom stereocenters. The quantitative estimate of drug-likeness (QED) is 0.151. The monoisotopic (exact) mass is 457 g/mol. The second-order valence-electron chi connectivity index (χ2n) is 6.82. The third-order valence-corrected chi connectivity index (χ3v) is 6.67. The molecule has 0 radical (unpaired) electrons. The number of non-ortho nitro benzene ring substituents is 1. The van der Waals surface area contributed by atoms with Crippen molar-refractivity contribution in [3.05, 3.63) is 101 Å². The van der Waals surface area contributed by atoms with E-state index in [4.69, 9.17) is 4.42 Å². The van der Waals surface area contributed by atoms with Gasteiger partial charge in [-0.1, -0.05) is 42.5 Å². The molecule has 6 nitrogen and oxygen atoms in total. The average molecular weight is 458 g/mol. The van der Waals surface area contributed by atoms with E-state index in [0.29, 0.717) is 10.9 Å². The number of aliphatic imine (C=N–C) groups is 1. The first-order chi connectivity index (χ1) is 15.6. The fourth-order valence-corrected chi connectivity index (χ4v) is 5.11. The average Bonchev–Trinajstić information content (AvgIpc) is 3.44. The van der Waals surface area contributed by atoms with E-state index < -0.39 is 4.92 Å². The predicted molar refractivity (Wildman–Crippen MR) is 128 cm³/mol. The molecule has 3 aromatic carbocycles. The molecule has 0 fully saturated rings. The van der Waals surface area contributed by atoms with Gasteiger partial charge in [0.2, 0.25) is 0 Å². The first kappa shape index (κ1) is 20.2. The Morgan fingerprint density at radius 2 is 1.75 bits per heavy atom. The predicted octanol–water partition coefficient (Wildman–Crippen LogP) is 7.37. The van der Waals surface area contributed by atoms with Gasteiger partial charge in [0.25, 0.3) is 5.69 Å². The van der Waals surface area contributed by atoms with Crippen molar-refractivity contribution >= 4 is 50.9 Å². The van der Waals surface area contributed by atoms with E-state index in [-0.39, 0.29) is 5.69 Å². The molecule has 5 rings (SSSR count). The number of rotatable bonds is 6. The number of hydrogen-bond acceptors (Lipinski definition) is 7. The number of nitro groups is 1. The Labute approximate surface area is 191 Å². The van der Waals surface area contributed by atoms with Crippen LogP contribution in [0.4, 0.5) is 11.4 Å². The summed E-state index contributed by atoms with van der Waals surface area (Å²) >= 11 is 2.78. The van der Waals surface area contributed by atoms with Crippen LogP contribution in [-0.2, 0) is 0 Å². The van der Waals surface area contributed by atoms with Crippen LogP contribution in [0.5, 0.6) is 0 Å². The van der Waals surface area contributed by atoms with Crippen molar-refractivity contribution in [3.8, 4) is 11.1 Å². The van der Waals surface area contributed by atoms with Crippen LogP contribution in [0.3, 0.4) is 0 Å². The Morgan fingerprint density at radius 1 is 0.969 bits per heavy atom. The fraction of sp³-hybridized carbons (Fsp3) is 0. The van der Waals surface area contributed by atoms with Gasteiger partial charge in [0.1, 0.15) is 5.76 Å². The summed E-state index contributed by atoms with van der Waals surface area (Å²) in [4.78, 5) is 19.5. The lowest BCUT2D eigenvalue weighted by molar-refractivity contribution is -0.384. The summed E-state index contributed by atoms with van der Waals surface area (Å²) in [6.07, 6.45) is 1.68. The minimum absolute atomic E-state index is 0.0611. The maximum atomic E-state index is 10.9. The smallest absolute Gasteiger partial charge is 0.270 e. The molecule has 0 N–H and O–H groups in total. The Kier molecular flexibility index (Phi) is 5.53. The fourth-order valence-electron chi connectivity index (χ4n) is 3.10. The van der Waals surface area contributed by atoms with E-state index in [2.05, 4.69) is 22.1 Å². The summed E-state index contributed by atoms with van der Waals surface area (Å²) in [6, 6.07) is 26.6. The van der Waals surface area contributed by atoms with Gasteiger partial charge < -0.3 is 4.42 Å². The largest absolute Gasteiger partial charge is 0.448 e. The van der Waals surface area contributed by atoms with Crippen LogP contribution >= 0.6 is 23.1 Å². The zero-order chi connectivity index (χ0) is 21.9. The number of fused-ring (bicyclic) bond motifs is 1. The van der Waals surface area contributed by atoms with Gasteiger partial charge in [-0.3, -0.25) is 15.1 Å². The van der Waals surface area contributed by atoms with Crippen LogP contribution in [0.1, 0.15) is 5.76 Å². The second kappa shape index (κ2) is 8.78. The highest BCUT2D eigenvalue weighted by Crippen LogP contribution is 2.36. The third kappa shape index (κ3) is 4.46. The van der Waals surface area contributed by atoms with Crippen molar-refractivity contribution in [3.63, 3.8) is 0 Å². The van der Waals surface area contributed by atoms with Gasteiger partial charge >= 0.3 is 0 Å². The summed E-state index contributed by atoms with van der Waals surface area (Å²) in [7, 11) is 0. The molecule has 32 heavy (non-hydrogen) atoms. The molecule has 0 aliphatic carbocycles. The molecule has 0 amide bonds. The van der Waals surface area contributed by atoms with Crippen LogP contribution in [0.15, 0.2) is 104 Å². The molecule has 0 aliphatic rings. The van der Waals surface area contributed by atoms with Crippen molar-refractivity contribution in [2.45, 2.75) is 9.43 Å². The lowest BCUT2D eigenvalue weighted by Crippen LogP contribution is -1.85. The summed E-state index contributed by atoms with van der Waals surface area (Å²) < 4.78 is 7.36. The van der Waals surface area contributed by atoms with E-state index in [1.54, 1.807) is 18.3 Å². The molecule has 0 aliphatic heterocycles. The van der Waals surface area contributed by atoms with Crippen LogP contribution in [0, 0.1) is 10.1 Å². The molecular formula is C24H15N3O3S2. The summed E-state index contributed by atoms with van der Waals surface area (Å²) in [5.41, 5.74) is 3.94. The zero-order valence-corrected chi connectivity index (χ0v) is 18.2. The molecule has 0 spiro atoms. The molecule has 156 valence electrons. The molecule has 0 saturated carbocycles. The normalized spacial score (nSPS) is 11.4. The molecule has 5 aromatic rings. The van der Waals surface area contributed by atoms with Gasteiger partial charge in [0, 0.05) is 12.1 Å². The van der Waals surface area contributed by atoms with Crippen LogP contribution in [0.25, 0.3) is 21.3 Å². The van der Waals surface area contributed by atoms with Crippen molar-refractivity contribution in [2.24, 2.45) is 4.99 Å². The molecule has 0 bridgehead atoms. The van der Waals surface area contributed by atoms with Gasteiger partial charge in [-0.05, 0) is 53.2 Å². The molecule has 0 unspecified atom stereocenters. The molecule has 0 saturated heterocycles. The van der Waals surface area contributed by atoms with E-state index in [0.717, 1.165) is 25.8 Å². The maximum absolute atomic E-state index is 10.9. The van der Waals surface area contributed by atoms with E-state index >= 15 is 0 Å². The van der Waals surface area contributed by atoms with Gasteiger partial charge in [0.15, 0.2) is 9.43 Å². The van der Waals surface area contributed by atoms with Gasteiger partial charge in [-0.25, -0.2) is 4.98 Å². The number of nitrogens with zero attached hydrogens (tertiary/aromatic N) is 3. The molecule has 8 heteroatoms. The maximum Gasteiger partial charge on any atom is 0.270 e. The minimum atomic E-state index is -0.403. The Morgan fingerprint density at radius 3 is 2.53 bits per heavy atom. The molecule has 2 aromatic heterocycles. The highest BCUT2D eigenvalue weighted by Gasteiger charge is 2.12. The van der Waals surface area contributed by atoms with Gasteiger partial charge in [-0.2, -0.15) is 0 Å². The van der Waals surface area contributed by atoms with E-state index in [9.17, 15) is 10.1 Å². The van der Waals surface area contributed by atoms with E-state index in [1.165, 1.54) is 34.7 Å². The van der Waals surface area contributed by atoms with Gasteiger partial charge in [-0.15, -0.1) is 11.3 Å². The first-order valence-electron chi connectivity index (χ1n) is 9.66. The standard InChI is InChI=1S/C24H15N3O3S2/c28-27(29)19-10-12-21-22(14-19)31-24(26-21)32-23-13-11-20(30-23)15-25-18-8-6-17(7-9-18)16-4-2-1-3-5-16/h1-15H. The van der Waals surface area contributed by atoms with E-state index in [1.807, 2.05) is 54.6 Å². The minimum Gasteiger partial charge on any atom is -0.448 e. The van der Waals surface area contributed by atoms with Crippen molar-refractivity contribution < 1.29 is 9.34 Å². The number of benzene rings is 3. The highest BCUT2D eigenvalue weighted by atomic mass is 32.2. The van der Waals surface area contributed by atoms with Crippen LogP contribution < -0.4 is 0 Å². The number of thiazole rings is 1. The third-order valence-electron chi connectivity index (χ3n) is 4.67. The number of nitro benzene ring substituents is 1. The summed E-state index contributed by atoms with van der Waals surface area (Å²) in [5, 5.41) is 11.6. The van der Waals surface area contributed by atoms with Gasteiger partial charge in [0.05, 0.1) is 27.0 Å². The lowest BCUT2D eigenvalue weighted by Gasteiger charge is -2.01. The topological polar surface area (TPSA) is 81.5 Å².